The zero-order valence-electron chi connectivity index (χ0n) is 16.1. The van der Waals surface area contributed by atoms with Crippen molar-refractivity contribution in [2.24, 2.45) is 5.92 Å². The number of likely N-dealkylation sites (tertiary alicyclic amines) is 1. The summed E-state index contributed by atoms with van der Waals surface area (Å²) in [5.41, 5.74) is 4.56. The van der Waals surface area contributed by atoms with Gasteiger partial charge in [-0.1, -0.05) is 48.0 Å². The van der Waals surface area contributed by atoms with Crippen LogP contribution in [-0.4, -0.2) is 34.8 Å². The summed E-state index contributed by atoms with van der Waals surface area (Å²) in [6.45, 7) is 3.68. The van der Waals surface area contributed by atoms with E-state index in [9.17, 15) is 9.59 Å². The zero-order chi connectivity index (χ0) is 19.5. The van der Waals surface area contributed by atoms with Crippen molar-refractivity contribution in [1.29, 1.82) is 0 Å². The fourth-order valence-electron chi connectivity index (χ4n) is 3.91. The van der Waals surface area contributed by atoms with Gasteiger partial charge in [-0.05, 0) is 30.5 Å². The van der Waals surface area contributed by atoms with Gasteiger partial charge < -0.3 is 15.2 Å². The average molecular weight is 375 g/mol. The molecule has 1 aromatic heterocycles. The lowest BCUT2D eigenvalue weighted by Crippen LogP contribution is -2.33. The number of hydrogen-bond donors (Lipinski definition) is 2. The normalized spacial score (nSPS) is 16.7. The predicted molar refractivity (Wildman–Crippen MR) is 110 cm³/mol. The molecule has 2 aromatic carbocycles. The van der Waals surface area contributed by atoms with E-state index in [1.54, 1.807) is 0 Å². The number of nitrogens with one attached hydrogen (secondary N) is 2. The minimum atomic E-state index is -0.264. The fourth-order valence-corrected chi connectivity index (χ4v) is 3.91. The highest BCUT2D eigenvalue weighted by atomic mass is 16.2. The van der Waals surface area contributed by atoms with Gasteiger partial charge in [-0.3, -0.25) is 9.59 Å². The van der Waals surface area contributed by atoms with Gasteiger partial charge in [0, 0.05) is 43.2 Å². The molecule has 4 rings (SSSR count). The molecule has 1 fully saturated rings. The van der Waals surface area contributed by atoms with Crippen LogP contribution >= 0.6 is 0 Å². The van der Waals surface area contributed by atoms with Gasteiger partial charge in [0.1, 0.15) is 0 Å². The predicted octanol–water partition coefficient (Wildman–Crippen LogP) is 3.18. The Morgan fingerprint density at radius 2 is 2.07 bits per heavy atom. The van der Waals surface area contributed by atoms with E-state index in [0.29, 0.717) is 26.1 Å². The number of aryl methyl sites for hydroxylation is 1. The first-order valence-corrected chi connectivity index (χ1v) is 9.76. The Kier molecular flexibility index (Phi) is 5.15. The summed E-state index contributed by atoms with van der Waals surface area (Å²) in [6.07, 6.45) is 3.10. The first kappa shape index (κ1) is 18.3. The van der Waals surface area contributed by atoms with E-state index in [0.717, 1.165) is 17.5 Å². The third-order valence-corrected chi connectivity index (χ3v) is 5.46. The molecule has 1 aliphatic rings. The maximum Gasteiger partial charge on any atom is 0.225 e. The second kappa shape index (κ2) is 7.89. The highest BCUT2D eigenvalue weighted by Crippen LogP contribution is 2.22. The Morgan fingerprint density at radius 1 is 1.21 bits per heavy atom. The Balaban J connectivity index is 1.31. The number of nitrogens with zero attached hydrogens (tertiary/aromatic N) is 1. The van der Waals surface area contributed by atoms with Gasteiger partial charge in [-0.2, -0.15) is 0 Å². The number of aromatic amines is 1. The van der Waals surface area contributed by atoms with Crippen molar-refractivity contribution in [2.45, 2.75) is 26.3 Å². The number of amides is 2. The molecule has 2 N–H and O–H groups in total. The van der Waals surface area contributed by atoms with Gasteiger partial charge in [0.2, 0.25) is 11.8 Å². The van der Waals surface area contributed by atoms with Crippen molar-refractivity contribution in [3.63, 3.8) is 0 Å². The van der Waals surface area contributed by atoms with Crippen molar-refractivity contribution in [2.75, 3.05) is 13.1 Å². The van der Waals surface area contributed by atoms with Crippen molar-refractivity contribution in [3.8, 4) is 0 Å². The largest absolute Gasteiger partial charge is 0.361 e. The fraction of sp³-hybridized carbons (Fsp3) is 0.304. The van der Waals surface area contributed by atoms with Crippen LogP contribution in [0.1, 0.15) is 23.1 Å². The molecule has 3 aromatic rings. The van der Waals surface area contributed by atoms with E-state index >= 15 is 0 Å². The second-order valence-corrected chi connectivity index (χ2v) is 7.56. The van der Waals surface area contributed by atoms with Crippen molar-refractivity contribution in [3.05, 3.63) is 71.4 Å². The molecule has 2 heterocycles. The number of hydrogen-bond acceptors (Lipinski definition) is 2. The highest BCUT2D eigenvalue weighted by Gasteiger charge is 2.33. The number of H-pyrrole nitrogens is 1. The van der Waals surface area contributed by atoms with Crippen molar-refractivity contribution >= 4 is 22.7 Å². The molecule has 1 unspecified atom stereocenters. The van der Waals surface area contributed by atoms with Gasteiger partial charge in [0.25, 0.3) is 0 Å². The summed E-state index contributed by atoms with van der Waals surface area (Å²) in [7, 11) is 0. The third-order valence-electron chi connectivity index (χ3n) is 5.46. The monoisotopic (exact) mass is 375 g/mol. The molecule has 5 nitrogen and oxygen atoms in total. The first-order chi connectivity index (χ1) is 13.6. The number of carbonyl (C=O) groups excluding carboxylic acids is 2. The molecule has 1 atom stereocenters. The van der Waals surface area contributed by atoms with Crippen LogP contribution in [0.15, 0.2) is 54.7 Å². The van der Waals surface area contributed by atoms with Crippen LogP contribution in [0.25, 0.3) is 10.9 Å². The average Bonchev–Trinajstić information content (AvgIpc) is 3.28. The topological polar surface area (TPSA) is 65.2 Å². The Labute approximate surface area is 164 Å². The van der Waals surface area contributed by atoms with Crippen LogP contribution in [0.4, 0.5) is 0 Å². The van der Waals surface area contributed by atoms with E-state index < -0.39 is 0 Å². The lowest BCUT2D eigenvalue weighted by atomic mass is 10.1. The summed E-state index contributed by atoms with van der Waals surface area (Å²) in [5, 5.41) is 4.18. The molecule has 0 bridgehead atoms. The molecule has 0 spiro atoms. The smallest absolute Gasteiger partial charge is 0.225 e. The van der Waals surface area contributed by atoms with Crippen LogP contribution in [0, 0.1) is 12.8 Å². The van der Waals surface area contributed by atoms with Gasteiger partial charge >= 0.3 is 0 Å². The summed E-state index contributed by atoms with van der Waals surface area (Å²) < 4.78 is 0. The van der Waals surface area contributed by atoms with Gasteiger partial charge in [0.05, 0.1) is 5.92 Å². The molecule has 1 aliphatic heterocycles. The Bertz CT molecular complexity index is 1010. The van der Waals surface area contributed by atoms with Crippen LogP contribution in [0.5, 0.6) is 0 Å². The minimum Gasteiger partial charge on any atom is -0.361 e. The Morgan fingerprint density at radius 3 is 2.93 bits per heavy atom. The molecule has 5 heteroatoms. The summed E-state index contributed by atoms with van der Waals surface area (Å²) in [4.78, 5) is 30.0. The van der Waals surface area contributed by atoms with Gasteiger partial charge in [-0.15, -0.1) is 0 Å². The lowest BCUT2D eigenvalue weighted by molar-refractivity contribution is -0.129. The maximum atomic E-state index is 12.5. The maximum absolute atomic E-state index is 12.5. The van der Waals surface area contributed by atoms with E-state index in [1.165, 1.54) is 16.5 Å². The molecule has 2 amide bonds. The third kappa shape index (κ3) is 3.93. The molecular formula is C23H25N3O2. The van der Waals surface area contributed by atoms with Crippen LogP contribution in [0.2, 0.25) is 0 Å². The summed E-state index contributed by atoms with van der Waals surface area (Å²) in [5.74, 6) is -0.236. The van der Waals surface area contributed by atoms with E-state index in [4.69, 9.17) is 0 Å². The number of rotatable bonds is 6. The minimum absolute atomic E-state index is 0.0375. The van der Waals surface area contributed by atoms with E-state index in [-0.39, 0.29) is 17.7 Å². The van der Waals surface area contributed by atoms with E-state index in [2.05, 4.69) is 28.5 Å². The van der Waals surface area contributed by atoms with Gasteiger partial charge in [-0.25, -0.2) is 0 Å². The molecular weight excluding hydrogens is 350 g/mol. The quantitative estimate of drug-likeness (QED) is 0.695. The number of aromatic nitrogens is 1. The van der Waals surface area contributed by atoms with Crippen LogP contribution in [-0.2, 0) is 22.6 Å². The SMILES string of the molecule is Cc1cccc(CNC(=O)C2CC(=O)N(CCc3c[nH]c4ccccc34)C2)c1. The van der Waals surface area contributed by atoms with Crippen LogP contribution in [0.3, 0.4) is 0 Å². The first-order valence-electron chi connectivity index (χ1n) is 9.76. The number of benzene rings is 2. The summed E-state index contributed by atoms with van der Waals surface area (Å²) in [6, 6.07) is 16.3. The molecule has 144 valence electrons. The standard InChI is InChI=1S/C23H25N3O2/c1-16-5-4-6-17(11-16)13-25-23(28)19-12-22(27)26(15-19)10-9-18-14-24-21-8-3-2-7-20(18)21/h2-8,11,14,19,24H,9-10,12-13,15H2,1H3,(H,25,28). The molecule has 0 radical (unpaired) electrons. The molecule has 1 saturated heterocycles. The number of fused-ring (bicyclic) bond motifs is 1. The van der Waals surface area contributed by atoms with Crippen molar-refractivity contribution < 1.29 is 9.59 Å². The number of carbonyl (C=O) groups is 2. The molecule has 0 aliphatic carbocycles. The van der Waals surface area contributed by atoms with Gasteiger partial charge in [0.15, 0.2) is 0 Å². The molecule has 0 saturated carbocycles. The van der Waals surface area contributed by atoms with Crippen molar-refractivity contribution in [1.82, 2.24) is 15.2 Å². The second-order valence-electron chi connectivity index (χ2n) is 7.56. The zero-order valence-corrected chi connectivity index (χ0v) is 16.1. The number of para-hydroxylation sites is 1. The Hall–Kier alpha value is -3.08. The highest BCUT2D eigenvalue weighted by molar-refractivity contribution is 5.89. The van der Waals surface area contributed by atoms with Crippen LogP contribution < -0.4 is 5.32 Å². The van der Waals surface area contributed by atoms with E-state index in [1.807, 2.05) is 48.4 Å². The lowest BCUT2D eigenvalue weighted by Gasteiger charge is -2.16. The molecule has 28 heavy (non-hydrogen) atoms. The summed E-state index contributed by atoms with van der Waals surface area (Å²) >= 11 is 0.